The van der Waals surface area contributed by atoms with Gasteiger partial charge in [-0.15, -0.1) is 23.3 Å². The minimum absolute atomic E-state index is 0.808. The van der Waals surface area contributed by atoms with Gasteiger partial charge in [-0.1, -0.05) is 45.9 Å². The molecular formula is C12H10OS4. The van der Waals surface area contributed by atoms with Crippen LogP contribution in [0.25, 0.3) is 0 Å². The van der Waals surface area contributed by atoms with Crippen LogP contribution in [0.15, 0.2) is 58.3 Å². The van der Waals surface area contributed by atoms with Crippen molar-refractivity contribution >= 4 is 44.9 Å². The minimum Gasteiger partial charge on any atom is -0.455 e. The summed E-state index contributed by atoms with van der Waals surface area (Å²) in [5.41, 5.74) is 0. The number of thiol groups is 2. The van der Waals surface area contributed by atoms with Crippen LogP contribution in [0.1, 0.15) is 0 Å². The monoisotopic (exact) mass is 298 g/mol. The molecule has 0 aromatic heterocycles. The normalized spacial score (nSPS) is 10.2. The van der Waals surface area contributed by atoms with E-state index >= 15 is 0 Å². The van der Waals surface area contributed by atoms with E-state index < -0.39 is 0 Å². The van der Waals surface area contributed by atoms with Crippen LogP contribution in [0.4, 0.5) is 0 Å². The SMILES string of the molecule is SSc1ccccc1Oc1ccccc1SS. The van der Waals surface area contributed by atoms with Gasteiger partial charge in [-0.05, 0) is 24.3 Å². The van der Waals surface area contributed by atoms with Gasteiger partial charge in [0.2, 0.25) is 0 Å². The molecule has 2 rings (SSSR count). The lowest BCUT2D eigenvalue weighted by Crippen LogP contribution is -1.87. The van der Waals surface area contributed by atoms with Gasteiger partial charge >= 0.3 is 0 Å². The van der Waals surface area contributed by atoms with Gasteiger partial charge in [0, 0.05) is 0 Å². The minimum atomic E-state index is 0.808. The van der Waals surface area contributed by atoms with E-state index in [1.807, 2.05) is 48.5 Å². The predicted octanol–water partition coefficient (Wildman–Crippen LogP) is 5.35. The third-order valence-electron chi connectivity index (χ3n) is 2.11. The summed E-state index contributed by atoms with van der Waals surface area (Å²) in [6.45, 7) is 0. The Morgan fingerprint density at radius 1 is 0.706 bits per heavy atom. The first-order chi connectivity index (χ1) is 8.35. The Hall–Kier alpha value is -0.360. The molecule has 0 unspecified atom stereocenters. The van der Waals surface area contributed by atoms with Gasteiger partial charge in [-0.3, -0.25) is 0 Å². The molecule has 0 bridgehead atoms. The second-order valence-electron chi connectivity index (χ2n) is 3.18. The van der Waals surface area contributed by atoms with E-state index in [1.54, 1.807) is 0 Å². The first-order valence-electron chi connectivity index (χ1n) is 4.84. The maximum absolute atomic E-state index is 5.88. The lowest BCUT2D eigenvalue weighted by atomic mass is 10.3. The largest absolute Gasteiger partial charge is 0.455 e. The van der Waals surface area contributed by atoms with Gasteiger partial charge in [0.15, 0.2) is 0 Å². The summed E-state index contributed by atoms with van der Waals surface area (Å²) >= 11 is 8.42. The van der Waals surface area contributed by atoms with Crippen LogP contribution in [0.3, 0.4) is 0 Å². The third-order valence-corrected chi connectivity index (χ3v) is 4.36. The quantitative estimate of drug-likeness (QED) is 0.582. The van der Waals surface area contributed by atoms with Crippen LogP contribution in [-0.2, 0) is 0 Å². The van der Waals surface area contributed by atoms with Crippen LogP contribution in [-0.4, -0.2) is 0 Å². The fourth-order valence-corrected chi connectivity index (χ4v) is 2.92. The van der Waals surface area contributed by atoms with Crippen LogP contribution in [0.2, 0.25) is 0 Å². The Balaban J connectivity index is 2.31. The summed E-state index contributed by atoms with van der Waals surface area (Å²) in [6, 6.07) is 15.6. The van der Waals surface area contributed by atoms with Gasteiger partial charge in [-0.25, -0.2) is 0 Å². The van der Waals surface area contributed by atoms with Gasteiger partial charge in [0.25, 0.3) is 0 Å². The number of benzene rings is 2. The second-order valence-corrected chi connectivity index (χ2v) is 5.52. The molecule has 0 spiro atoms. The van der Waals surface area contributed by atoms with E-state index in [0.29, 0.717) is 0 Å². The number of ether oxygens (including phenoxy) is 1. The van der Waals surface area contributed by atoms with E-state index in [2.05, 4.69) is 23.3 Å². The molecule has 0 amide bonds. The van der Waals surface area contributed by atoms with Crippen molar-refractivity contribution in [3.8, 4) is 11.5 Å². The molecule has 0 heterocycles. The van der Waals surface area contributed by atoms with Crippen molar-refractivity contribution in [2.45, 2.75) is 9.79 Å². The van der Waals surface area contributed by atoms with E-state index in [0.717, 1.165) is 21.3 Å². The molecule has 17 heavy (non-hydrogen) atoms. The molecule has 0 saturated carbocycles. The highest BCUT2D eigenvalue weighted by molar-refractivity contribution is 8.68. The van der Waals surface area contributed by atoms with E-state index in [-0.39, 0.29) is 0 Å². The Morgan fingerprint density at radius 3 is 1.53 bits per heavy atom. The average Bonchev–Trinajstić information content (AvgIpc) is 2.40. The van der Waals surface area contributed by atoms with E-state index in [4.69, 9.17) is 4.74 Å². The smallest absolute Gasteiger partial charge is 0.141 e. The number of hydrogen-bond acceptors (Lipinski definition) is 5. The zero-order valence-corrected chi connectivity index (χ0v) is 12.2. The van der Waals surface area contributed by atoms with Crippen LogP contribution >= 0.6 is 44.9 Å². The topological polar surface area (TPSA) is 9.23 Å². The Kier molecular flexibility index (Phi) is 5.03. The lowest BCUT2D eigenvalue weighted by molar-refractivity contribution is 0.460. The van der Waals surface area contributed by atoms with Crippen molar-refractivity contribution in [2.75, 3.05) is 0 Å². The zero-order valence-electron chi connectivity index (χ0n) is 8.74. The van der Waals surface area contributed by atoms with Crippen LogP contribution < -0.4 is 4.74 Å². The molecule has 0 radical (unpaired) electrons. The highest BCUT2D eigenvalue weighted by atomic mass is 33.1. The van der Waals surface area contributed by atoms with Crippen molar-refractivity contribution in [2.24, 2.45) is 0 Å². The molecule has 88 valence electrons. The summed E-state index contributed by atoms with van der Waals surface area (Å²) < 4.78 is 5.88. The highest BCUT2D eigenvalue weighted by Gasteiger charge is 2.07. The first-order valence-corrected chi connectivity index (χ1v) is 8.57. The summed E-state index contributed by atoms with van der Waals surface area (Å²) in [5.74, 6) is 1.62. The summed E-state index contributed by atoms with van der Waals surface area (Å²) in [5, 5.41) is 0. The second kappa shape index (κ2) is 6.54. The number of para-hydroxylation sites is 2. The average molecular weight is 298 g/mol. The van der Waals surface area contributed by atoms with E-state index in [9.17, 15) is 0 Å². The van der Waals surface area contributed by atoms with E-state index in [1.165, 1.54) is 21.6 Å². The molecule has 2 aromatic rings. The molecule has 1 nitrogen and oxygen atoms in total. The standard InChI is InChI=1S/C12H10OS4/c14-16-11-7-3-1-5-9(11)13-10-6-2-4-8-12(10)17-15/h1-8,14-15H. The highest BCUT2D eigenvalue weighted by Crippen LogP contribution is 2.38. The molecule has 0 N–H and O–H groups in total. The predicted molar refractivity (Wildman–Crippen MR) is 82.6 cm³/mol. The van der Waals surface area contributed by atoms with Crippen LogP contribution in [0, 0.1) is 0 Å². The Morgan fingerprint density at radius 2 is 1.12 bits per heavy atom. The molecule has 0 aliphatic carbocycles. The maximum atomic E-state index is 5.88. The fraction of sp³-hybridized carbons (Fsp3) is 0. The zero-order chi connectivity index (χ0) is 12.1. The Bertz CT molecular complexity index is 456. The van der Waals surface area contributed by atoms with Crippen LogP contribution in [0.5, 0.6) is 11.5 Å². The molecule has 0 aliphatic heterocycles. The molecule has 2 aromatic carbocycles. The molecule has 0 atom stereocenters. The fourth-order valence-electron chi connectivity index (χ4n) is 1.34. The Labute approximate surface area is 119 Å². The summed E-state index contributed by atoms with van der Waals surface area (Å²) in [7, 11) is 2.74. The molecular weight excluding hydrogens is 288 g/mol. The lowest BCUT2D eigenvalue weighted by Gasteiger charge is -2.11. The van der Waals surface area contributed by atoms with Crippen molar-refractivity contribution < 1.29 is 4.74 Å². The number of hydrogen-bond donors (Lipinski definition) is 2. The van der Waals surface area contributed by atoms with Crippen molar-refractivity contribution in [3.05, 3.63) is 48.5 Å². The first kappa shape index (κ1) is 13.1. The van der Waals surface area contributed by atoms with Gasteiger partial charge in [0.05, 0.1) is 9.79 Å². The summed E-state index contributed by atoms with van der Waals surface area (Å²) in [4.78, 5) is 1.99. The molecule has 5 heteroatoms. The molecule has 0 fully saturated rings. The summed E-state index contributed by atoms with van der Waals surface area (Å²) in [6.07, 6.45) is 0. The molecule has 0 aliphatic rings. The van der Waals surface area contributed by atoms with Crippen molar-refractivity contribution in [3.63, 3.8) is 0 Å². The van der Waals surface area contributed by atoms with Crippen molar-refractivity contribution in [1.29, 1.82) is 0 Å². The maximum Gasteiger partial charge on any atom is 0.141 e. The van der Waals surface area contributed by atoms with Gasteiger partial charge in [0.1, 0.15) is 11.5 Å². The van der Waals surface area contributed by atoms with Gasteiger partial charge in [-0.2, -0.15) is 0 Å². The number of rotatable bonds is 4. The third kappa shape index (κ3) is 3.31. The van der Waals surface area contributed by atoms with Crippen molar-refractivity contribution in [1.82, 2.24) is 0 Å². The molecule has 0 saturated heterocycles. The van der Waals surface area contributed by atoms with Gasteiger partial charge < -0.3 is 4.74 Å².